The van der Waals surface area contributed by atoms with Gasteiger partial charge >= 0.3 is 0 Å². The summed E-state index contributed by atoms with van der Waals surface area (Å²) in [6, 6.07) is 6.38. The summed E-state index contributed by atoms with van der Waals surface area (Å²) in [6.07, 6.45) is 1.35. The summed E-state index contributed by atoms with van der Waals surface area (Å²) in [6.45, 7) is 9.11. The first-order valence-electron chi connectivity index (χ1n) is 6.17. The predicted molar refractivity (Wildman–Crippen MR) is 70.7 cm³/mol. The van der Waals surface area contributed by atoms with Crippen molar-refractivity contribution in [3.63, 3.8) is 0 Å². The predicted octanol–water partition coefficient (Wildman–Crippen LogP) is 3.06. The van der Waals surface area contributed by atoms with Crippen molar-refractivity contribution in [2.75, 3.05) is 23.7 Å². The largest absolute Gasteiger partial charge is 0.399 e. The summed E-state index contributed by atoms with van der Waals surface area (Å²) < 4.78 is 0. The van der Waals surface area contributed by atoms with E-state index in [4.69, 9.17) is 5.73 Å². The number of rotatable bonds is 1. The van der Waals surface area contributed by atoms with E-state index in [2.05, 4.69) is 37.8 Å². The van der Waals surface area contributed by atoms with Crippen LogP contribution in [0.25, 0.3) is 0 Å². The fourth-order valence-electron chi connectivity index (χ4n) is 2.73. The average Bonchev–Trinajstić information content (AvgIpc) is 2.20. The summed E-state index contributed by atoms with van der Waals surface area (Å²) in [5.41, 5.74) is 9.25. The molecule has 0 aliphatic carbocycles. The normalized spacial score (nSPS) is 25.8. The van der Waals surface area contributed by atoms with Crippen molar-refractivity contribution in [2.45, 2.75) is 27.2 Å². The van der Waals surface area contributed by atoms with Crippen LogP contribution in [0, 0.1) is 18.8 Å². The molecule has 16 heavy (non-hydrogen) atoms. The molecule has 2 rings (SSSR count). The molecule has 2 N–H and O–H groups in total. The lowest BCUT2D eigenvalue weighted by atomic mass is 9.91. The van der Waals surface area contributed by atoms with Gasteiger partial charge in [-0.15, -0.1) is 0 Å². The molecule has 1 aliphatic rings. The maximum Gasteiger partial charge on any atom is 0.0370 e. The summed E-state index contributed by atoms with van der Waals surface area (Å²) in [7, 11) is 0. The van der Waals surface area contributed by atoms with E-state index >= 15 is 0 Å². The minimum Gasteiger partial charge on any atom is -0.399 e. The molecule has 0 spiro atoms. The van der Waals surface area contributed by atoms with Gasteiger partial charge in [-0.3, -0.25) is 0 Å². The van der Waals surface area contributed by atoms with Crippen molar-refractivity contribution in [1.29, 1.82) is 0 Å². The van der Waals surface area contributed by atoms with Crippen LogP contribution in [0.5, 0.6) is 0 Å². The molecule has 0 radical (unpaired) electrons. The zero-order valence-corrected chi connectivity index (χ0v) is 10.5. The van der Waals surface area contributed by atoms with E-state index in [9.17, 15) is 0 Å². The molecular weight excluding hydrogens is 196 g/mol. The Morgan fingerprint density at radius 3 is 2.38 bits per heavy atom. The molecule has 2 heteroatoms. The molecule has 88 valence electrons. The molecule has 1 aliphatic heterocycles. The topological polar surface area (TPSA) is 29.3 Å². The first-order chi connectivity index (χ1) is 7.56. The van der Waals surface area contributed by atoms with Gasteiger partial charge in [0.1, 0.15) is 0 Å². The quantitative estimate of drug-likeness (QED) is 0.734. The Morgan fingerprint density at radius 2 is 1.81 bits per heavy atom. The molecule has 0 bridgehead atoms. The standard InChI is InChI=1S/C14H22N2/c1-10-6-11(2)9-16(8-10)13-4-5-14(15)12(3)7-13/h4-5,7,10-11H,6,8-9,15H2,1-3H3/t10-,11+. The molecular formula is C14H22N2. The Bertz CT molecular complexity index is 363. The summed E-state index contributed by atoms with van der Waals surface area (Å²) in [4.78, 5) is 2.49. The molecule has 0 saturated carbocycles. The Kier molecular flexibility index (Phi) is 3.08. The second kappa shape index (κ2) is 4.36. The number of nitrogens with two attached hydrogens (primary N) is 1. The van der Waals surface area contributed by atoms with Crippen LogP contribution in [0.1, 0.15) is 25.8 Å². The lowest BCUT2D eigenvalue weighted by Crippen LogP contribution is -2.38. The highest BCUT2D eigenvalue weighted by molar-refractivity contribution is 5.58. The SMILES string of the molecule is Cc1cc(N2C[C@H](C)C[C@H](C)C2)ccc1N. The molecule has 1 fully saturated rings. The van der Waals surface area contributed by atoms with E-state index in [0.717, 1.165) is 17.5 Å². The minimum absolute atomic E-state index is 0.793. The summed E-state index contributed by atoms with van der Waals surface area (Å²) in [5.74, 6) is 1.59. The highest BCUT2D eigenvalue weighted by Crippen LogP contribution is 2.28. The second-order valence-corrected chi connectivity index (χ2v) is 5.39. The highest BCUT2D eigenvalue weighted by atomic mass is 15.1. The molecule has 2 atom stereocenters. The third-order valence-electron chi connectivity index (χ3n) is 3.49. The van der Waals surface area contributed by atoms with Gasteiger partial charge in [-0.25, -0.2) is 0 Å². The number of piperidine rings is 1. The molecule has 0 amide bonds. The number of hydrogen-bond acceptors (Lipinski definition) is 2. The van der Waals surface area contributed by atoms with Gasteiger partial charge in [0.15, 0.2) is 0 Å². The Labute approximate surface area is 98.4 Å². The van der Waals surface area contributed by atoms with Gasteiger partial charge in [0.2, 0.25) is 0 Å². The van der Waals surface area contributed by atoms with Crippen molar-refractivity contribution in [3.05, 3.63) is 23.8 Å². The van der Waals surface area contributed by atoms with E-state index in [-0.39, 0.29) is 0 Å². The molecule has 0 unspecified atom stereocenters. The summed E-state index contributed by atoms with van der Waals surface area (Å²) >= 11 is 0. The molecule has 0 aromatic heterocycles. The Hall–Kier alpha value is -1.18. The monoisotopic (exact) mass is 218 g/mol. The molecule has 2 nitrogen and oxygen atoms in total. The number of anilines is 2. The second-order valence-electron chi connectivity index (χ2n) is 5.39. The van der Waals surface area contributed by atoms with E-state index in [1.54, 1.807) is 0 Å². The van der Waals surface area contributed by atoms with Gasteiger partial charge in [0, 0.05) is 24.5 Å². The van der Waals surface area contributed by atoms with Crippen LogP contribution in [0.15, 0.2) is 18.2 Å². The van der Waals surface area contributed by atoms with Gasteiger partial charge in [-0.05, 0) is 48.9 Å². The van der Waals surface area contributed by atoms with Crippen molar-refractivity contribution in [1.82, 2.24) is 0 Å². The molecule has 1 saturated heterocycles. The van der Waals surface area contributed by atoms with E-state index < -0.39 is 0 Å². The van der Waals surface area contributed by atoms with Gasteiger partial charge in [0.05, 0.1) is 0 Å². The van der Waals surface area contributed by atoms with Crippen molar-refractivity contribution < 1.29 is 0 Å². The van der Waals surface area contributed by atoms with E-state index in [1.165, 1.54) is 30.8 Å². The zero-order valence-electron chi connectivity index (χ0n) is 10.5. The number of nitrogens with zero attached hydrogens (tertiary/aromatic N) is 1. The van der Waals surface area contributed by atoms with Gasteiger partial charge < -0.3 is 10.6 Å². The van der Waals surface area contributed by atoms with Crippen LogP contribution in [0.3, 0.4) is 0 Å². The number of benzene rings is 1. The number of nitrogen functional groups attached to an aromatic ring is 1. The molecule has 1 aromatic carbocycles. The maximum absolute atomic E-state index is 5.85. The lowest BCUT2D eigenvalue weighted by Gasteiger charge is -2.36. The Morgan fingerprint density at radius 1 is 1.19 bits per heavy atom. The van der Waals surface area contributed by atoms with Crippen LogP contribution >= 0.6 is 0 Å². The van der Waals surface area contributed by atoms with Gasteiger partial charge in [-0.1, -0.05) is 13.8 Å². The zero-order chi connectivity index (χ0) is 11.7. The fourth-order valence-corrected chi connectivity index (χ4v) is 2.73. The van der Waals surface area contributed by atoms with Crippen LogP contribution in [-0.2, 0) is 0 Å². The van der Waals surface area contributed by atoms with Crippen molar-refractivity contribution >= 4 is 11.4 Å². The average molecular weight is 218 g/mol. The van der Waals surface area contributed by atoms with Crippen molar-refractivity contribution in [2.24, 2.45) is 11.8 Å². The van der Waals surface area contributed by atoms with Crippen molar-refractivity contribution in [3.8, 4) is 0 Å². The van der Waals surface area contributed by atoms with Crippen LogP contribution in [-0.4, -0.2) is 13.1 Å². The fraction of sp³-hybridized carbons (Fsp3) is 0.571. The third-order valence-corrected chi connectivity index (χ3v) is 3.49. The first kappa shape index (κ1) is 11.3. The van der Waals surface area contributed by atoms with Gasteiger partial charge in [0.25, 0.3) is 0 Å². The number of hydrogen-bond donors (Lipinski definition) is 1. The minimum atomic E-state index is 0.793. The van der Waals surface area contributed by atoms with Crippen LogP contribution in [0.4, 0.5) is 11.4 Å². The summed E-state index contributed by atoms with van der Waals surface area (Å²) in [5, 5.41) is 0. The lowest BCUT2D eigenvalue weighted by molar-refractivity contribution is 0.357. The highest BCUT2D eigenvalue weighted by Gasteiger charge is 2.21. The third kappa shape index (κ3) is 2.31. The molecule has 1 aromatic rings. The van der Waals surface area contributed by atoms with Crippen LogP contribution < -0.4 is 10.6 Å². The number of aryl methyl sites for hydroxylation is 1. The molecule has 1 heterocycles. The smallest absolute Gasteiger partial charge is 0.0370 e. The van der Waals surface area contributed by atoms with Crippen LogP contribution in [0.2, 0.25) is 0 Å². The van der Waals surface area contributed by atoms with E-state index in [0.29, 0.717) is 0 Å². The maximum atomic E-state index is 5.85. The Balaban J connectivity index is 2.19. The van der Waals surface area contributed by atoms with Gasteiger partial charge in [-0.2, -0.15) is 0 Å². The van der Waals surface area contributed by atoms with E-state index in [1.807, 2.05) is 6.07 Å². The first-order valence-corrected chi connectivity index (χ1v) is 6.17.